The van der Waals surface area contributed by atoms with Gasteiger partial charge in [-0.2, -0.15) is 0 Å². The number of halogens is 4. The number of carbonyl (C=O) groups excluding carboxylic acids is 1. The van der Waals surface area contributed by atoms with E-state index in [2.05, 4.69) is 11.7 Å². The second-order valence-corrected chi connectivity index (χ2v) is 8.01. The molecular weight excluding hydrogens is 424 g/mol. The van der Waals surface area contributed by atoms with E-state index in [0.717, 1.165) is 30.9 Å². The third kappa shape index (κ3) is 6.34. The maximum absolute atomic E-state index is 14.0. The van der Waals surface area contributed by atoms with Crippen molar-refractivity contribution in [3.63, 3.8) is 0 Å². The van der Waals surface area contributed by atoms with Crippen LogP contribution in [0.2, 0.25) is 0 Å². The Hall–Kier alpha value is -2.83. The summed E-state index contributed by atoms with van der Waals surface area (Å²) in [5.41, 5.74) is 1.43. The first-order valence-corrected chi connectivity index (χ1v) is 10.8. The maximum Gasteiger partial charge on any atom is 0.343 e. The van der Waals surface area contributed by atoms with Gasteiger partial charge in [0, 0.05) is 18.2 Å². The van der Waals surface area contributed by atoms with Crippen molar-refractivity contribution in [2.45, 2.75) is 57.8 Å². The van der Waals surface area contributed by atoms with Gasteiger partial charge in [-0.1, -0.05) is 31.9 Å². The molecule has 7 heteroatoms. The van der Waals surface area contributed by atoms with Crippen LogP contribution in [0, 0.1) is 17.6 Å². The lowest BCUT2D eigenvalue weighted by Crippen LogP contribution is -2.14. The molecule has 1 aliphatic rings. The van der Waals surface area contributed by atoms with Crippen LogP contribution < -0.4 is 9.47 Å². The normalized spacial score (nSPS) is 18.8. The lowest BCUT2D eigenvalue weighted by atomic mass is 9.77. The molecule has 0 spiro atoms. The van der Waals surface area contributed by atoms with E-state index in [4.69, 9.17) is 4.74 Å². The van der Waals surface area contributed by atoms with Gasteiger partial charge in [-0.15, -0.1) is 0 Å². The topological polar surface area (TPSA) is 35.5 Å². The van der Waals surface area contributed by atoms with Crippen LogP contribution in [-0.2, 0) is 0 Å². The van der Waals surface area contributed by atoms with Crippen molar-refractivity contribution in [2.75, 3.05) is 0 Å². The van der Waals surface area contributed by atoms with Crippen LogP contribution in [0.15, 0.2) is 48.7 Å². The number of esters is 1. The fraction of sp³-hybridized carbons (Fsp3) is 0.400. The molecule has 0 amide bonds. The van der Waals surface area contributed by atoms with Crippen LogP contribution in [0.25, 0.3) is 0 Å². The Morgan fingerprint density at radius 3 is 2.25 bits per heavy atom. The lowest BCUT2D eigenvalue weighted by Gasteiger charge is -2.28. The van der Waals surface area contributed by atoms with Crippen molar-refractivity contribution in [1.82, 2.24) is 0 Å². The summed E-state index contributed by atoms with van der Waals surface area (Å²) >= 11 is 0. The van der Waals surface area contributed by atoms with Gasteiger partial charge in [0.05, 0.1) is 11.8 Å². The molecule has 0 aromatic heterocycles. The molecule has 0 radical (unpaired) electrons. The van der Waals surface area contributed by atoms with Crippen molar-refractivity contribution in [2.24, 2.45) is 5.92 Å². The van der Waals surface area contributed by atoms with Gasteiger partial charge >= 0.3 is 5.97 Å². The fourth-order valence-electron chi connectivity index (χ4n) is 4.12. The number of carbonyl (C=O) groups is 1. The third-order valence-corrected chi connectivity index (χ3v) is 5.75. The lowest BCUT2D eigenvalue weighted by molar-refractivity contribution is 0.0733. The molecule has 3 nitrogen and oxygen atoms in total. The average molecular weight is 450 g/mol. The Morgan fingerprint density at radius 1 is 1.06 bits per heavy atom. The monoisotopic (exact) mass is 450 g/mol. The zero-order valence-corrected chi connectivity index (χ0v) is 17.8. The summed E-state index contributed by atoms with van der Waals surface area (Å²) in [5, 5.41) is 0. The minimum Gasteiger partial charge on any atom is -0.459 e. The predicted molar refractivity (Wildman–Crippen MR) is 113 cm³/mol. The van der Waals surface area contributed by atoms with Crippen LogP contribution in [0.3, 0.4) is 0 Å². The zero-order valence-electron chi connectivity index (χ0n) is 17.8. The van der Waals surface area contributed by atoms with Crippen LogP contribution in [0.4, 0.5) is 17.6 Å². The molecule has 1 fully saturated rings. The minimum atomic E-state index is -2.82. The van der Waals surface area contributed by atoms with E-state index in [1.54, 1.807) is 12.1 Å². The van der Waals surface area contributed by atoms with Gasteiger partial charge in [-0.05, 0) is 55.2 Å². The highest BCUT2D eigenvalue weighted by atomic mass is 19.3. The molecule has 0 bridgehead atoms. The molecule has 0 N–H and O–H groups in total. The molecule has 2 aromatic rings. The van der Waals surface area contributed by atoms with E-state index < -0.39 is 29.8 Å². The van der Waals surface area contributed by atoms with Crippen LogP contribution in [0.1, 0.15) is 67.3 Å². The summed E-state index contributed by atoms with van der Waals surface area (Å²) in [6.07, 6.45) is 5.21. The molecule has 0 unspecified atom stereocenters. The number of rotatable bonds is 8. The van der Waals surface area contributed by atoms with Gasteiger partial charge in [0.25, 0.3) is 6.43 Å². The van der Waals surface area contributed by atoms with Crippen molar-refractivity contribution in [3.8, 4) is 11.5 Å². The smallest absolute Gasteiger partial charge is 0.343 e. The number of ether oxygens (including phenoxy) is 2. The van der Waals surface area contributed by atoms with E-state index in [0.29, 0.717) is 18.3 Å². The molecule has 0 atom stereocenters. The second kappa shape index (κ2) is 11.2. The van der Waals surface area contributed by atoms with Gasteiger partial charge in [0.1, 0.15) is 5.75 Å². The van der Waals surface area contributed by atoms with Crippen molar-refractivity contribution < 1.29 is 31.8 Å². The number of hydrogen-bond acceptors (Lipinski definition) is 3. The number of alkyl halides is 2. The molecule has 1 aliphatic carbocycles. The van der Waals surface area contributed by atoms with Crippen molar-refractivity contribution in [1.29, 1.82) is 0 Å². The van der Waals surface area contributed by atoms with E-state index >= 15 is 0 Å². The molecule has 0 heterocycles. The fourth-order valence-corrected chi connectivity index (χ4v) is 4.12. The van der Waals surface area contributed by atoms with Crippen molar-refractivity contribution in [3.05, 3.63) is 71.5 Å². The summed E-state index contributed by atoms with van der Waals surface area (Å²) in [4.78, 5) is 12.4. The Kier molecular flexibility index (Phi) is 8.31. The van der Waals surface area contributed by atoms with E-state index in [1.807, 2.05) is 12.1 Å². The SMILES string of the molecule is CCCC1CCC(c2ccc(C(=O)Oc3cc(F)c(OC=CC(F)F)c(F)c3)cc2)CC1. The molecule has 0 aliphatic heterocycles. The summed E-state index contributed by atoms with van der Waals surface area (Å²) in [6, 6.07) is 8.61. The third-order valence-electron chi connectivity index (χ3n) is 5.75. The molecular formula is C25H26F4O3. The summed E-state index contributed by atoms with van der Waals surface area (Å²) < 4.78 is 61.9. The molecule has 2 aromatic carbocycles. The van der Waals surface area contributed by atoms with Crippen molar-refractivity contribution >= 4 is 5.97 Å². The number of hydrogen-bond donors (Lipinski definition) is 0. The van der Waals surface area contributed by atoms with Gasteiger partial charge < -0.3 is 9.47 Å². The van der Waals surface area contributed by atoms with Crippen LogP contribution in [-0.4, -0.2) is 12.4 Å². The Balaban J connectivity index is 1.61. The second-order valence-electron chi connectivity index (χ2n) is 8.01. The Bertz CT molecular complexity index is 910. The van der Waals surface area contributed by atoms with Gasteiger partial charge in [-0.25, -0.2) is 22.4 Å². The summed E-state index contributed by atoms with van der Waals surface area (Å²) in [6.45, 7) is 2.21. The van der Waals surface area contributed by atoms with Gasteiger partial charge in [0.15, 0.2) is 17.4 Å². The first kappa shape index (κ1) is 23.8. The van der Waals surface area contributed by atoms with Gasteiger partial charge in [-0.3, -0.25) is 0 Å². The first-order valence-electron chi connectivity index (χ1n) is 10.8. The van der Waals surface area contributed by atoms with E-state index in [1.165, 1.54) is 31.2 Å². The maximum atomic E-state index is 14.0. The Labute approximate surface area is 185 Å². The standard InChI is InChI=1S/C25H26F4O3/c1-2-3-16-4-6-17(7-5-16)18-8-10-19(11-9-18)25(30)32-20-14-21(26)24(22(27)15-20)31-13-12-23(28)29/h8-17,23H,2-7H2,1H3. The zero-order chi connectivity index (χ0) is 23.1. The van der Waals surface area contributed by atoms with E-state index in [9.17, 15) is 22.4 Å². The Morgan fingerprint density at radius 2 is 1.69 bits per heavy atom. The molecule has 32 heavy (non-hydrogen) atoms. The minimum absolute atomic E-state index is 0.259. The van der Waals surface area contributed by atoms with Crippen LogP contribution in [0.5, 0.6) is 11.5 Å². The molecule has 3 rings (SSSR count). The largest absolute Gasteiger partial charge is 0.459 e. The molecule has 172 valence electrons. The average Bonchev–Trinajstić information content (AvgIpc) is 2.76. The first-order chi connectivity index (χ1) is 15.4. The quantitative estimate of drug-likeness (QED) is 0.182. The molecule has 1 saturated carbocycles. The number of allylic oxidation sites excluding steroid dienone is 1. The van der Waals surface area contributed by atoms with Gasteiger partial charge in [0.2, 0.25) is 0 Å². The van der Waals surface area contributed by atoms with Crippen LogP contribution >= 0.6 is 0 Å². The molecule has 0 saturated heterocycles. The summed E-state index contributed by atoms with van der Waals surface area (Å²) in [7, 11) is 0. The summed E-state index contributed by atoms with van der Waals surface area (Å²) in [5.74, 6) is -3.05. The highest BCUT2D eigenvalue weighted by Gasteiger charge is 2.22. The van der Waals surface area contributed by atoms with E-state index in [-0.39, 0.29) is 11.3 Å². The highest BCUT2D eigenvalue weighted by Crippen LogP contribution is 2.37. The number of benzene rings is 2. The predicted octanol–water partition coefficient (Wildman–Crippen LogP) is 7.42. The highest BCUT2D eigenvalue weighted by molar-refractivity contribution is 5.91.